The molecule has 0 radical (unpaired) electrons. The molecule has 0 aliphatic rings. The highest BCUT2D eigenvalue weighted by atomic mass is 79.9. The minimum atomic E-state index is -2.99. The molecule has 0 aliphatic carbocycles. The van der Waals surface area contributed by atoms with Crippen molar-refractivity contribution >= 4 is 25.8 Å². The van der Waals surface area contributed by atoms with Crippen LogP contribution in [0.5, 0.6) is 5.75 Å². The van der Waals surface area contributed by atoms with E-state index in [9.17, 15) is 8.42 Å². The van der Waals surface area contributed by atoms with Gasteiger partial charge in [0.15, 0.2) is 9.84 Å². The van der Waals surface area contributed by atoms with E-state index in [1.165, 1.54) is 6.26 Å². The summed E-state index contributed by atoms with van der Waals surface area (Å²) in [6.45, 7) is 3.94. The van der Waals surface area contributed by atoms with Gasteiger partial charge in [-0.1, -0.05) is 22.9 Å². The Morgan fingerprint density at radius 1 is 1.37 bits per heavy atom. The Morgan fingerprint density at radius 2 is 2.11 bits per heavy atom. The number of ether oxygens (including phenoxy) is 1. The Kier molecular flexibility index (Phi) is 6.82. The molecule has 6 heteroatoms. The number of hydrogen-bond acceptors (Lipinski definition) is 4. The molecule has 4 nitrogen and oxygen atoms in total. The van der Waals surface area contributed by atoms with Gasteiger partial charge in [0.05, 0.1) is 5.75 Å². The van der Waals surface area contributed by atoms with Gasteiger partial charge in [-0.05, 0) is 31.2 Å². The van der Waals surface area contributed by atoms with Gasteiger partial charge >= 0.3 is 0 Å². The fourth-order valence-electron chi connectivity index (χ4n) is 1.53. The summed E-state index contributed by atoms with van der Waals surface area (Å²) >= 11 is 3.43. The normalized spacial score (nSPS) is 11.5. The highest BCUT2D eigenvalue weighted by molar-refractivity contribution is 9.10. The van der Waals surface area contributed by atoms with Gasteiger partial charge in [0.25, 0.3) is 0 Å². The third kappa shape index (κ3) is 6.94. The van der Waals surface area contributed by atoms with Crippen molar-refractivity contribution in [1.29, 1.82) is 0 Å². The lowest BCUT2D eigenvalue weighted by Gasteiger charge is -2.12. The number of rotatable bonds is 8. The van der Waals surface area contributed by atoms with Crippen molar-refractivity contribution in [2.45, 2.75) is 19.9 Å². The highest BCUT2D eigenvalue weighted by Gasteiger charge is 2.07. The molecule has 1 aromatic carbocycles. The largest absolute Gasteiger partial charge is 0.492 e. The quantitative estimate of drug-likeness (QED) is 0.732. The summed E-state index contributed by atoms with van der Waals surface area (Å²) in [5.74, 6) is 0.765. The molecule has 0 bridgehead atoms. The van der Waals surface area contributed by atoms with Crippen molar-refractivity contribution in [3.63, 3.8) is 0 Å². The Morgan fingerprint density at radius 3 is 2.74 bits per heavy atom. The maximum Gasteiger partial charge on any atom is 0.150 e. The number of benzene rings is 1. The van der Waals surface area contributed by atoms with Crippen molar-refractivity contribution in [2.75, 3.05) is 25.2 Å². The number of sulfone groups is 1. The van der Waals surface area contributed by atoms with E-state index in [-0.39, 0.29) is 12.4 Å². The Labute approximate surface area is 123 Å². The molecular weight excluding hydrogens is 330 g/mol. The molecule has 0 saturated carbocycles. The summed E-state index contributed by atoms with van der Waals surface area (Å²) in [5.41, 5.74) is 1.02. The van der Waals surface area contributed by atoms with Crippen LogP contribution in [0.2, 0.25) is 0 Å². The van der Waals surface area contributed by atoms with Crippen LogP contribution in [0.25, 0.3) is 0 Å². The molecule has 0 aromatic heterocycles. The molecule has 19 heavy (non-hydrogen) atoms. The zero-order chi connectivity index (χ0) is 14.3. The summed E-state index contributed by atoms with van der Waals surface area (Å²) < 4.78 is 28.7. The van der Waals surface area contributed by atoms with E-state index >= 15 is 0 Å². The fourth-order valence-corrected chi connectivity index (χ4v) is 2.32. The second-order valence-corrected chi connectivity index (χ2v) is 7.58. The zero-order valence-corrected chi connectivity index (χ0v) is 13.7. The van der Waals surface area contributed by atoms with E-state index in [2.05, 4.69) is 28.2 Å². The topological polar surface area (TPSA) is 55.4 Å². The Balaban J connectivity index is 2.65. The number of hydrogen-bond donors (Lipinski definition) is 1. The minimum Gasteiger partial charge on any atom is -0.492 e. The van der Waals surface area contributed by atoms with Gasteiger partial charge in [0, 0.05) is 22.8 Å². The van der Waals surface area contributed by atoms with Gasteiger partial charge < -0.3 is 10.1 Å². The maximum atomic E-state index is 11.1. The van der Waals surface area contributed by atoms with Gasteiger partial charge in [-0.3, -0.25) is 0 Å². The van der Waals surface area contributed by atoms with Crippen LogP contribution >= 0.6 is 15.9 Å². The van der Waals surface area contributed by atoms with Crippen molar-refractivity contribution in [1.82, 2.24) is 5.32 Å². The lowest BCUT2D eigenvalue weighted by Crippen LogP contribution is -2.16. The zero-order valence-electron chi connectivity index (χ0n) is 11.3. The molecule has 0 amide bonds. The summed E-state index contributed by atoms with van der Waals surface area (Å²) in [5, 5.41) is 3.31. The average molecular weight is 350 g/mol. The molecule has 0 unspecified atom stereocenters. The van der Waals surface area contributed by atoms with E-state index < -0.39 is 9.84 Å². The predicted molar refractivity (Wildman–Crippen MR) is 81.3 cm³/mol. The Hall–Kier alpha value is -0.590. The van der Waals surface area contributed by atoms with Crippen LogP contribution in [-0.2, 0) is 16.4 Å². The second-order valence-electron chi connectivity index (χ2n) is 4.41. The highest BCUT2D eigenvalue weighted by Crippen LogP contribution is 2.23. The fraction of sp³-hybridized carbons (Fsp3) is 0.538. The molecule has 0 spiro atoms. The first kappa shape index (κ1) is 16.5. The van der Waals surface area contributed by atoms with Crippen LogP contribution in [0, 0.1) is 0 Å². The summed E-state index contributed by atoms with van der Waals surface area (Å²) in [7, 11) is -2.99. The monoisotopic (exact) mass is 349 g/mol. The second kappa shape index (κ2) is 7.87. The van der Waals surface area contributed by atoms with Crippen LogP contribution in [-0.4, -0.2) is 33.6 Å². The molecule has 0 heterocycles. The first-order valence-electron chi connectivity index (χ1n) is 6.22. The number of nitrogens with one attached hydrogen (secondary N) is 1. The predicted octanol–water partition coefficient (Wildman–Crippen LogP) is 2.37. The first-order valence-corrected chi connectivity index (χ1v) is 9.07. The summed E-state index contributed by atoms with van der Waals surface area (Å²) in [4.78, 5) is 0. The lowest BCUT2D eigenvalue weighted by atomic mass is 10.2. The molecule has 1 aromatic rings. The minimum absolute atomic E-state index is 0.0326. The molecular formula is C13H20BrNO3S. The van der Waals surface area contributed by atoms with Crippen LogP contribution in [0.4, 0.5) is 0 Å². The van der Waals surface area contributed by atoms with E-state index in [0.717, 1.165) is 28.8 Å². The van der Waals surface area contributed by atoms with Crippen LogP contribution < -0.4 is 10.1 Å². The first-order chi connectivity index (χ1) is 8.92. The molecule has 0 fully saturated rings. The SMILES string of the molecule is CCCNCc1cc(Br)ccc1OCCS(C)(=O)=O. The standard InChI is InChI=1S/C13H20BrNO3S/c1-3-6-15-10-11-9-12(14)4-5-13(11)18-7-8-19(2,16)17/h4-5,9,15H,3,6-8,10H2,1-2H3. The third-order valence-corrected chi connectivity index (χ3v) is 3.88. The van der Waals surface area contributed by atoms with E-state index in [4.69, 9.17) is 4.74 Å². The van der Waals surface area contributed by atoms with E-state index in [1.54, 1.807) is 0 Å². The van der Waals surface area contributed by atoms with E-state index in [0.29, 0.717) is 6.54 Å². The molecule has 0 saturated heterocycles. The van der Waals surface area contributed by atoms with Crippen LogP contribution in [0.3, 0.4) is 0 Å². The van der Waals surface area contributed by atoms with Crippen molar-refractivity contribution in [3.05, 3.63) is 28.2 Å². The van der Waals surface area contributed by atoms with Crippen molar-refractivity contribution in [2.24, 2.45) is 0 Å². The lowest BCUT2D eigenvalue weighted by molar-refractivity contribution is 0.336. The number of halogens is 1. The molecule has 0 atom stereocenters. The Bertz CT molecular complexity index is 503. The van der Waals surface area contributed by atoms with Crippen LogP contribution in [0.15, 0.2) is 22.7 Å². The third-order valence-electron chi connectivity index (χ3n) is 2.48. The molecule has 1 rings (SSSR count). The molecule has 0 aliphatic heterocycles. The average Bonchev–Trinajstić information content (AvgIpc) is 2.30. The van der Waals surface area contributed by atoms with Gasteiger partial charge in [-0.25, -0.2) is 8.42 Å². The van der Waals surface area contributed by atoms with Gasteiger partial charge in [0.2, 0.25) is 0 Å². The molecule has 1 N–H and O–H groups in total. The van der Waals surface area contributed by atoms with Gasteiger partial charge in [-0.2, -0.15) is 0 Å². The van der Waals surface area contributed by atoms with Crippen molar-refractivity contribution < 1.29 is 13.2 Å². The van der Waals surface area contributed by atoms with Crippen molar-refractivity contribution in [3.8, 4) is 5.75 Å². The van der Waals surface area contributed by atoms with E-state index in [1.807, 2.05) is 18.2 Å². The summed E-state index contributed by atoms with van der Waals surface area (Å²) in [6, 6.07) is 5.73. The summed E-state index contributed by atoms with van der Waals surface area (Å²) in [6.07, 6.45) is 2.28. The smallest absolute Gasteiger partial charge is 0.150 e. The van der Waals surface area contributed by atoms with Crippen LogP contribution in [0.1, 0.15) is 18.9 Å². The maximum absolute atomic E-state index is 11.1. The molecule has 108 valence electrons. The van der Waals surface area contributed by atoms with Gasteiger partial charge in [0.1, 0.15) is 12.4 Å². The van der Waals surface area contributed by atoms with Gasteiger partial charge in [-0.15, -0.1) is 0 Å².